The van der Waals surface area contributed by atoms with Crippen molar-refractivity contribution in [3.8, 4) is 57.3 Å². The normalized spacial score (nSPS) is 20.7. The Kier molecular flexibility index (Phi) is 22.5. The number of carbonyl (C=O) groups is 2. The summed E-state index contributed by atoms with van der Waals surface area (Å²) in [5.41, 5.74) is 4.01. The first-order valence-corrected chi connectivity index (χ1v) is 31.9. The standard InChI is InChI=1S/C40H51N5O7.C31H33N5O5/c1-9-10-11-12-13-14-17-51-28-15-16-31(48-6)29(21-28)37-43-38-34(40(47)52-36-25(3)18-24(2)19-26(36)4)35(41-5)39(45(38)44-37)42-30-22-32(49-7)27(23-46)20-33(30)50-8;1-17-10-13-23(39-5)22(14-17)28-34-29-25(31(38)41-27-18(2)8-7-9-19(27)3)26(32-4)30(36(29)35-28)33-21-12-11-20(16-37)24(15-21)40-6/h15-16,20-22,24-26,36,46H,9-14,17-19,23H2,1-4,6-8H3;10-15,18-19,27,37H,7-9,16H2,1-3,5-6H3. The highest BCUT2D eigenvalue weighted by molar-refractivity contribution is 6.30. The lowest BCUT2D eigenvalue weighted by atomic mass is 9.75. The fourth-order valence-corrected chi connectivity index (χ4v) is 12.9. The van der Waals surface area contributed by atoms with Crippen LogP contribution < -0.4 is 28.4 Å². The maximum Gasteiger partial charge on any atom is 0.331 e. The third-order valence-electron chi connectivity index (χ3n) is 17.6. The largest absolute Gasteiger partial charge is 0.496 e. The van der Waals surface area contributed by atoms with E-state index in [1.165, 1.54) is 56.4 Å². The molecule has 2 aliphatic heterocycles. The predicted molar refractivity (Wildman–Crippen MR) is 353 cm³/mol. The molecule has 2 fully saturated rings. The van der Waals surface area contributed by atoms with Crippen LogP contribution in [0.5, 0.6) is 34.5 Å². The number of allylic oxidation sites excluding steroid dienone is 2. The molecular formula is C71H84N10O12. The number of ether oxygens (including phenoxy) is 8. The molecule has 2 aromatic heterocycles. The summed E-state index contributed by atoms with van der Waals surface area (Å²) in [7, 11) is 7.61. The summed E-state index contributed by atoms with van der Waals surface area (Å²) in [4.78, 5) is 54.6. The molecule has 2 aliphatic carbocycles. The molecule has 93 heavy (non-hydrogen) atoms. The molecule has 4 atom stereocenters. The number of fused-ring (bicyclic) bond motifs is 2. The Balaban J connectivity index is 0.000000225. The van der Waals surface area contributed by atoms with E-state index in [-0.39, 0.29) is 101 Å². The van der Waals surface area contributed by atoms with Crippen molar-refractivity contribution in [2.24, 2.45) is 39.6 Å². The molecule has 0 bridgehead atoms. The van der Waals surface area contributed by atoms with Crippen molar-refractivity contribution in [2.45, 2.75) is 145 Å². The van der Waals surface area contributed by atoms with Crippen LogP contribution in [0.3, 0.4) is 0 Å². The highest BCUT2D eigenvalue weighted by atomic mass is 16.6. The Labute approximate surface area is 543 Å². The summed E-state index contributed by atoms with van der Waals surface area (Å²) in [5, 5.41) is 29.0. The van der Waals surface area contributed by atoms with Gasteiger partial charge < -0.3 is 48.1 Å². The van der Waals surface area contributed by atoms with Gasteiger partial charge in [-0.1, -0.05) is 97.8 Å². The zero-order valence-electron chi connectivity index (χ0n) is 55.2. The van der Waals surface area contributed by atoms with Crippen LogP contribution in [0.1, 0.15) is 141 Å². The molecule has 0 spiro atoms. The molecule has 4 aromatic carbocycles. The van der Waals surface area contributed by atoms with E-state index in [0.29, 0.717) is 86.5 Å². The molecule has 22 heteroatoms. The lowest BCUT2D eigenvalue weighted by Crippen LogP contribution is -2.37. The van der Waals surface area contributed by atoms with Gasteiger partial charge in [-0.25, -0.2) is 48.6 Å². The van der Waals surface area contributed by atoms with Crippen molar-refractivity contribution in [2.75, 3.05) is 42.2 Å². The lowest BCUT2D eigenvalue weighted by Gasteiger charge is -2.37. The Hall–Kier alpha value is -9.38. The minimum Gasteiger partial charge on any atom is -0.496 e. The van der Waals surface area contributed by atoms with Crippen LogP contribution in [0, 0.1) is 49.7 Å². The number of methoxy groups -OCH3 is 5. The van der Waals surface area contributed by atoms with Crippen molar-refractivity contribution >= 4 is 46.1 Å². The van der Waals surface area contributed by atoms with E-state index in [9.17, 15) is 19.8 Å². The van der Waals surface area contributed by atoms with Crippen LogP contribution >= 0.6 is 0 Å². The van der Waals surface area contributed by atoms with E-state index < -0.39 is 11.9 Å². The molecule has 22 nitrogen and oxygen atoms in total. The van der Waals surface area contributed by atoms with Crippen LogP contribution in [0.25, 0.3) is 43.6 Å². The summed E-state index contributed by atoms with van der Waals surface area (Å²) < 4.78 is 49.0. The first kappa shape index (κ1) is 68.0. The van der Waals surface area contributed by atoms with Gasteiger partial charge in [-0.15, -0.1) is 10.2 Å². The zero-order chi connectivity index (χ0) is 66.6. The summed E-state index contributed by atoms with van der Waals surface area (Å²) in [6.07, 6.45) is 11.3. The second-order valence-electron chi connectivity index (χ2n) is 24.4. The summed E-state index contributed by atoms with van der Waals surface area (Å²) in [6, 6.07) is 19.4. The zero-order valence-corrected chi connectivity index (χ0v) is 55.2. The van der Waals surface area contributed by atoms with E-state index in [0.717, 1.165) is 50.5 Å². The highest BCUT2D eigenvalue weighted by Crippen LogP contribution is 2.43. The minimum absolute atomic E-state index is 0.00840. The van der Waals surface area contributed by atoms with Gasteiger partial charge in [-0.3, -0.25) is 0 Å². The quantitative estimate of drug-likeness (QED) is 0.0344. The van der Waals surface area contributed by atoms with Gasteiger partial charge in [-0.05, 0) is 111 Å². The molecule has 0 saturated heterocycles. The van der Waals surface area contributed by atoms with Gasteiger partial charge >= 0.3 is 11.9 Å². The summed E-state index contributed by atoms with van der Waals surface area (Å²) >= 11 is 0. The number of aryl methyl sites for hydroxylation is 1. The Morgan fingerprint density at radius 2 is 1.11 bits per heavy atom. The van der Waals surface area contributed by atoms with Crippen LogP contribution in [0.4, 0.5) is 11.4 Å². The first-order valence-electron chi connectivity index (χ1n) is 31.9. The number of aliphatic hydroxyl groups is 2. The van der Waals surface area contributed by atoms with E-state index in [1.54, 1.807) is 50.6 Å². The van der Waals surface area contributed by atoms with Crippen molar-refractivity contribution in [1.29, 1.82) is 0 Å². The lowest BCUT2D eigenvalue weighted by molar-refractivity contribution is -0.150. The Morgan fingerprint density at radius 3 is 1.66 bits per heavy atom. The van der Waals surface area contributed by atoms with E-state index >= 15 is 0 Å². The fourth-order valence-electron chi connectivity index (χ4n) is 12.9. The first-order chi connectivity index (χ1) is 45.0. The fraction of sp³-hybridized carbons (Fsp3) is 0.465. The SMILES string of the molecule is [C-]#[N+]C1=C(C(=O)OC2C(C)CC(C)CC2C)c2nc(-c3cc(OCCCCCCCC)ccc3OC)nn2C1=Nc1cc(OC)c(CO)cc1OC.[C-]#[N+]C1=C(C(=O)OC2C(C)CCCC2C)c2nc(-c3cc(C)ccc3OC)nn2C1=Nc1ccc(CO)c(OC)c1. The van der Waals surface area contributed by atoms with Crippen LogP contribution in [0.15, 0.2) is 88.1 Å². The molecule has 2 N–H and O–H groups in total. The number of hydrogen-bond donors (Lipinski definition) is 2. The molecule has 10 rings (SSSR count). The predicted octanol–water partition coefficient (Wildman–Crippen LogP) is 13.4. The van der Waals surface area contributed by atoms with Gasteiger partial charge in [-0.2, -0.15) is 0 Å². The topological polar surface area (TPSA) is 243 Å². The van der Waals surface area contributed by atoms with Gasteiger partial charge in [0.05, 0.1) is 85.3 Å². The van der Waals surface area contributed by atoms with Crippen molar-refractivity contribution in [1.82, 2.24) is 29.5 Å². The van der Waals surface area contributed by atoms with Gasteiger partial charge in [0, 0.05) is 23.3 Å². The number of aromatic nitrogens is 6. The average molecular weight is 1270 g/mol. The van der Waals surface area contributed by atoms with Crippen molar-refractivity contribution in [3.63, 3.8) is 0 Å². The van der Waals surface area contributed by atoms with Crippen LogP contribution in [-0.4, -0.2) is 118 Å². The molecular weight excluding hydrogens is 1180 g/mol. The summed E-state index contributed by atoms with van der Waals surface area (Å²) in [5.74, 6) is 3.97. The number of aliphatic hydroxyl groups excluding tert-OH is 2. The third kappa shape index (κ3) is 14.8. The number of nitrogens with zero attached hydrogens (tertiary/aromatic N) is 10. The minimum atomic E-state index is -0.655. The number of esters is 2. The number of benzene rings is 4. The third-order valence-corrected chi connectivity index (χ3v) is 17.6. The molecule has 4 heterocycles. The second kappa shape index (κ2) is 30.8. The van der Waals surface area contributed by atoms with Gasteiger partial charge in [0.2, 0.25) is 11.4 Å². The number of carbonyl (C=O) groups excluding carboxylic acids is 2. The summed E-state index contributed by atoms with van der Waals surface area (Å²) in [6.45, 7) is 31.1. The maximum atomic E-state index is 14.2. The monoisotopic (exact) mass is 1270 g/mol. The van der Waals surface area contributed by atoms with Gasteiger partial charge in [0.25, 0.3) is 0 Å². The van der Waals surface area contributed by atoms with E-state index in [2.05, 4.69) is 51.2 Å². The van der Waals surface area contributed by atoms with E-state index in [4.69, 9.17) is 81.2 Å². The Bertz CT molecular complexity index is 3920. The highest BCUT2D eigenvalue weighted by Gasteiger charge is 2.43. The molecule has 6 aromatic rings. The van der Waals surface area contributed by atoms with Crippen LogP contribution in [0.2, 0.25) is 0 Å². The van der Waals surface area contributed by atoms with Gasteiger partial charge in [0.1, 0.15) is 63.5 Å². The molecule has 0 radical (unpaired) electrons. The number of unbranched alkanes of at least 4 members (excludes halogenated alkanes) is 5. The molecule has 2 saturated carbocycles. The second-order valence-corrected chi connectivity index (χ2v) is 24.4. The Morgan fingerprint density at radius 1 is 0.591 bits per heavy atom. The number of aliphatic imine (C=N–C) groups is 2. The smallest absolute Gasteiger partial charge is 0.331 e. The average Bonchev–Trinajstić information content (AvgIpc) is 1.60. The number of hydrogen-bond acceptors (Lipinski definition) is 18. The van der Waals surface area contributed by atoms with Crippen molar-refractivity contribution in [3.05, 3.63) is 129 Å². The molecule has 490 valence electrons. The van der Waals surface area contributed by atoms with E-state index in [1.807, 2.05) is 37.3 Å². The molecule has 4 unspecified atom stereocenters. The number of rotatable bonds is 23. The maximum absolute atomic E-state index is 14.2. The van der Waals surface area contributed by atoms with Crippen molar-refractivity contribution < 1.29 is 57.7 Å². The molecule has 4 aliphatic rings. The van der Waals surface area contributed by atoms with Gasteiger partial charge in [0.15, 0.2) is 35.0 Å². The molecule has 0 amide bonds. The van der Waals surface area contributed by atoms with Crippen LogP contribution in [-0.2, 0) is 32.3 Å².